The van der Waals surface area contributed by atoms with E-state index < -0.39 is 0 Å². The van der Waals surface area contributed by atoms with Crippen LogP contribution in [0.3, 0.4) is 0 Å². The predicted octanol–water partition coefficient (Wildman–Crippen LogP) is 4.27. The van der Waals surface area contributed by atoms with Gasteiger partial charge < -0.3 is 14.4 Å². The van der Waals surface area contributed by atoms with Crippen molar-refractivity contribution in [3.05, 3.63) is 59.2 Å². The third-order valence-electron chi connectivity index (χ3n) is 5.50. The van der Waals surface area contributed by atoms with Crippen molar-refractivity contribution in [3.8, 4) is 22.2 Å². The van der Waals surface area contributed by atoms with Gasteiger partial charge in [-0.2, -0.15) is 0 Å². The summed E-state index contributed by atoms with van der Waals surface area (Å²) in [6, 6.07) is 11.9. The van der Waals surface area contributed by atoms with Crippen LogP contribution in [0.15, 0.2) is 48.0 Å². The molecule has 0 bridgehead atoms. The molecular formula is C23H23N3O3S. The number of carbonyl (C=O) groups is 1. The van der Waals surface area contributed by atoms with Crippen LogP contribution in [-0.2, 0) is 11.2 Å². The molecule has 0 N–H and O–H groups in total. The monoisotopic (exact) mass is 421 g/mol. The van der Waals surface area contributed by atoms with E-state index in [-0.39, 0.29) is 11.9 Å². The maximum Gasteiger partial charge on any atom is 0.229 e. The summed E-state index contributed by atoms with van der Waals surface area (Å²) in [6.07, 6.45) is 4.91. The zero-order valence-corrected chi connectivity index (χ0v) is 17.4. The molecular weight excluding hydrogens is 398 g/mol. The number of aromatic nitrogens is 2. The Morgan fingerprint density at radius 3 is 2.90 bits per heavy atom. The maximum absolute atomic E-state index is 13.1. The first-order valence-corrected chi connectivity index (χ1v) is 11.2. The number of pyridine rings is 1. The van der Waals surface area contributed by atoms with E-state index in [4.69, 9.17) is 9.47 Å². The van der Waals surface area contributed by atoms with Gasteiger partial charge >= 0.3 is 0 Å². The second-order valence-corrected chi connectivity index (χ2v) is 8.40. The summed E-state index contributed by atoms with van der Waals surface area (Å²) in [7, 11) is 0. The zero-order valence-electron chi connectivity index (χ0n) is 16.6. The largest absolute Gasteiger partial charge is 0.490 e. The Balaban J connectivity index is 1.31. The first-order valence-electron chi connectivity index (χ1n) is 10.3. The first kappa shape index (κ1) is 19.1. The molecule has 6 nitrogen and oxygen atoms in total. The molecule has 1 fully saturated rings. The molecule has 7 heteroatoms. The molecule has 0 saturated carbocycles. The van der Waals surface area contributed by atoms with Gasteiger partial charge in [0, 0.05) is 24.5 Å². The van der Waals surface area contributed by atoms with Crippen molar-refractivity contribution in [2.24, 2.45) is 0 Å². The normalized spacial score (nSPS) is 18.3. The second kappa shape index (κ2) is 8.44. The molecule has 2 aliphatic rings. The zero-order chi connectivity index (χ0) is 20.3. The van der Waals surface area contributed by atoms with Crippen LogP contribution in [0.25, 0.3) is 10.7 Å². The van der Waals surface area contributed by atoms with E-state index >= 15 is 0 Å². The molecule has 0 spiro atoms. The second-order valence-electron chi connectivity index (χ2n) is 7.54. The summed E-state index contributed by atoms with van der Waals surface area (Å²) in [5, 5.41) is 2.81. The minimum absolute atomic E-state index is 0.0727. The Bertz CT molecular complexity index is 1040. The molecule has 1 atom stereocenters. The van der Waals surface area contributed by atoms with Crippen molar-refractivity contribution in [1.82, 2.24) is 14.9 Å². The molecule has 30 heavy (non-hydrogen) atoms. The fourth-order valence-electron chi connectivity index (χ4n) is 4.05. The number of nitrogens with zero attached hydrogens (tertiary/aromatic N) is 3. The van der Waals surface area contributed by atoms with Gasteiger partial charge in [0.1, 0.15) is 5.01 Å². The smallest absolute Gasteiger partial charge is 0.229 e. The summed E-state index contributed by atoms with van der Waals surface area (Å²) in [6.45, 7) is 2.11. The van der Waals surface area contributed by atoms with Crippen molar-refractivity contribution in [1.29, 1.82) is 0 Å². The quantitative estimate of drug-likeness (QED) is 0.629. The number of fused-ring (bicyclic) bond motifs is 1. The molecule has 4 heterocycles. The Labute approximate surface area is 179 Å². The van der Waals surface area contributed by atoms with E-state index in [0.717, 1.165) is 59.3 Å². The molecule has 2 aromatic heterocycles. The third kappa shape index (κ3) is 3.89. The number of likely N-dealkylation sites (tertiary alicyclic amines) is 1. The van der Waals surface area contributed by atoms with Crippen molar-refractivity contribution in [3.63, 3.8) is 0 Å². The highest BCUT2D eigenvalue weighted by Gasteiger charge is 2.31. The van der Waals surface area contributed by atoms with Gasteiger partial charge in [-0.3, -0.25) is 9.78 Å². The van der Waals surface area contributed by atoms with Gasteiger partial charge in [0.25, 0.3) is 0 Å². The lowest BCUT2D eigenvalue weighted by Gasteiger charge is -2.25. The minimum atomic E-state index is 0.0727. The lowest BCUT2D eigenvalue weighted by molar-refractivity contribution is -0.131. The van der Waals surface area contributed by atoms with Gasteiger partial charge in [0.2, 0.25) is 5.91 Å². The highest BCUT2D eigenvalue weighted by Crippen LogP contribution is 2.38. The molecule has 1 unspecified atom stereocenters. The molecule has 0 radical (unpaired) electrons. The van der Waals surface area contributed by atoms with Gasteiger partial charge in [-0.1, -0.05) is 12.1 Å². The van der Waals surface area contributed by atoms with Gasteiger partial charge in [-0.15, -0.1) is 11.3 Å². The highest BCUT2D eigenvalue weighted by molar-refractivity contribution is 7.13. The molecule has 1 amide bonds. The number of rotatable bonds is 4. The van der Waals surface area contributed by atoms with Crippen molar-refractivity contribution in [2.75, 3.05) is 19.8 Å². The van der Waals surface area contributed by atoms with Crippen LogP contribution in [0.1, 0.15) is 36.6 Å². The number of amides is 1. The van der Waals surface area contributed by atoms with E-state index in [1.165, 1.54) is 11.3 Å². The van der Waals surface area contributed by atoms with Crippen molar-refractivity contribution < 1.29 is 14.3 Å². The Morgan fingerprint density at radius 1 is 1.13 bits per heavy atom. The molecule has 5 rings (SSSR count). The topological polar surface area (TPSA) is 64.6 Å². The fourth-order valence-corrected chi connectivity index (χ4v) is 4.85. The summed E-state index contributed by atoms with van der Waals surface area (Å²) < 4.78 is 11.6. The third-order valence-corrected chi connectivity index (χ3v) is 6.41. The standard InChI is InChI=1S/C23H23N3O3S/c27-22(14-17-15-30-23(25-17)18-5-1-2-9-24-18)26-10-3-6-19(26)16-7-8-20-21(13-16)29-12-4-11-28-20/h1-2,5,7-9,13,15,19H,3-4,6,10-12,14H2. The van der Waals surface area contributed by atoms with Gasteiger partial charge in [-0.05, 0) is 42.7 Å². The van der Waals surface area contributed by atoms with Gasteiger partial charge in [0.15, 0.2) is 11.5 Å². The lowest BCUT2D eigenvalue weighted by atomic mass is 10.0. The number of thiazole rings is 1. The predicted molar refractivity (Wildman–Crippen MR) is 115 cm³/mol. The molecule has 154 valence electrons. The lowest BCUT2D eigenvalue weighted by Crippen LogP contribution is -2.31. The summed E-state index contributed by atoms with van der Waals surface area (Å²) in [5.41, 5.74) is 2.75. The number of hydrogen-bond donors (Lipinski definition) is 0. The van der Waals surface area contributed by atoms with E-state index in [2.05, 4.69) is 16.0 Å². The van der Waals surface area contributed by atoms with Gasteiger partial charge in [0.05, 0.1) is 37.1 Å². The summed E-state index contributed by atoms with van der Waals surface area (Å²) >= 11 is 1.53. The van der Waals surface area contributed by atoms with Crippen LogP contribution in [0.2, 0.25) is 0 Å². The van der Waals surface area contributed by atoms with Crippen LogP contribution in [0.5, 0.6) is 11.5 Å². The highest BCUT2D eigenvalue weighted by atomic mass is 32.1. The fraction of sp³-hybridized carbons (Fsp3) is 0.348. The Kier molecular flexibility index (Phi) is 5.36. The van der Waals surface area contributed by atoms with E-state index in [0.29, 0.717) is 19.6 Å². The van der Waals surface area contributed by atoms with Crippen LogP contribution >= 0.6 is 11.3 Å². The Morgan fingerprint density at radius 2 is 2.03 bits per heavy atom. The number of benzene rings is 1. The summed E-state index contributed by atoms with van der Waals surface area (Å²) in [4.78, 5) is 24.1. The molecule has 3 aromatic rings. The van der Waals surface area contributed by atoms with Crippen LogP contribution in [0.4, 0.5) is 0 Å². The van der Waals surface area contributed by atoms with Crippen molar-refractivity contribution in [2.45, 2.75) is 31.7 Å². The van der Waals surface area contributed by atoms with Crippen LogP contribution in [-0.4, -0.2) is 40.5 Å². The van der Waals surface area contributed by atoms with Crippen molar-refractivity contribution >= 4 is 17.2 Å². The molecule has 2 aliphatic heterocycles. The number of hydrogen-bond acceptors (Lipinski definition) is 6. The number of ether oxygens (including phenoxy) is 2. The Hall–Kier alpha value is -2.93. The van der Waals surface area contributed by atoms with E-state index in [1.807, 2.05) is 40.6 Å². The molecule has 1 saturated heterocycles. The molecule has 0 aliphatic carbocycles. The SMILES string of the molecule is O=C(Cc1csc(-c2ccccn2)n1)N1CCCC1c1ccc2c(c1)OCCCO2. The van der Waals surface area contributed by atoms with E-state index in [1.54, 1.807) is 6.20 Å². The maximum atomic E-state index is 13.1. The summed E-state index contributed by atoms with van der Waals surface area (Å²) in [5.74, 6) is 1.68. The average Bonchev–Trinajstić information content (AvgIpc) is 3.39. The van der Waals surface area contributed by atoms with Crippen LogP contribution < -0.4 is 9.47 Å². The average molecular weight is 422 g/mol. The molecule has 1 aromatic carbocycles. The first-order chi connectivity index (χ1) is 14.8. The van der Waals surface area contributed by atoms with Crippen LogP contribution in [0, 0.1) is 0 Å². The number of carbonyl (C=O) groups excluding carboxylic acids is 1. The minimum Gasteiger partial charge on any atom is -0.490 e. The van der Waals surface area contributed by atoms with E-state index in [9.17, 15) is 4.79 Å². The van der Waals surface area contributed by atoms with Gasteiger partial charge in [-0.25, -0.2) is 4.98 Å².